The number of amides is 2. The van der Waals surface area contributed by atoms with Crippen LogP contribution < -0.4 is 16.4 Å². The van der Waals surface area contributed by atoms with Crippen LogP contribution in [0, 0.1) is 5.92 Å². The zero-order valence-corrected chi connectivity index (χ0v) is 11.4. The van der Waals surface area contributed by atoms with Crippen molar-refractivity contribution < 1.29 is 9.59 Å². The van der Waals surface area contributed by atoms with Crippen molar-refractivity contribution in [1.82, 2.24) is 10.6 Å². The monoisotopic (exact) mass is 255 g/mol. The van der Waals surface area contributed by atoms with Crippen LogP contribution >= 0.6 is 0 Å². The van der Waals surface area contributed by atoms with Crippen molar-refractivity contribution in [2.75, 3.05) is 13.1 Å². The second-order valence-electron chi connectivity index (χ2n) is 5.54. The summed E-state index contributed by atoms with van der Waals surface area (Å²) >= 11 is 0. The Bertz CT molecular complexity index is 297. The summed E-state index contributed by atoms with van der Waals surface area (Å²) in [5.41, 5.74) is 5.82. The quantitative estimate of drug-likeness (QED) is 0.606. The molecule has 0 unspecified atom stereocenters. The fourth-order valence-corrected chi connectivity index (χ4v) is 2.23. The lowest BCUT2D eigenvalue weighted by molar-refractivity contribution is -0.125. The molecule has 0 aromatic rings. The van der Waals surface area contributed by atoms with Crippen molar-refractivity contribution in [2.24, 2.45) is 11.7 Å². The summed E-state index contributed by atoms with van der Waals surface area (Å²) in [7, 11) is 0. The van der Waals surface area contributed by atoms with Gasteiger partial charge in [0, 0.05) is 31.0 Å². The van der Waals surface area contributed by atoms with E-state index in [1.807, 2.05) is 13.8 Å². The van der Waals surface area contributed by atoms with Gasteiger partial charge in [0.2, 0.25) is 11.8 Å². The standard InChI is InChI=1S/C13H25N3O2/c1-10(2)12(18)16-8-7-15-11(17)9-13(14)5-3-4-6-13/h10H,3-9,14H2,1-2H3,(H,15,17)(H,16,18). The molecule has 0 saturated heterocycles. The fraction of sp³-hybridized carbons (Fsp3) is 0.846. The van der Waals surface area contributed by atoms with Crippen molar-refractivity contribution in [1.29, 1.82) is 0 Å². The van der Waals surface area contributed by atoms with Crippen molar-refractivity contribution in [3.05, 3.63) is 0 Å². The molecule has 18 heavy (non-hydrogen) atoms. The highest BCUT2D eigenvalue weighted by atomic mass is 16.2. The number of hydrogen-bond donors (Lipinski definition) is 3. The number of rotatable bonds is 6. The van der Waals surface area contributed by atoms with Gasteiger partial charge in [-0.05, 0) is 12.8 Å². The molecule has 1 fully saturated rings. The van der Waals surface area contributed by atoms with E-state index in [1.54, 1.807) is 0 Å². The number of nitrogens with one attached hydrogen (secondary N) is 2. The summed E-state index contributed by atoms with van der Waals surface area (Å²) in [4.78, 5) is 23.0. The highest BCUT2D eigenvalue weighted by molar-refractivity contribution is 5.78. The van der Waals surface area contributed by atoms with E-state index in [-0.39, 0.29) is 23.3 Å². The summed E-state index contributed by atoms with van der Waals surface area (Å²) in [5, 5.41) is 5.55. The summed E-state index contributed by atoms with van der Waals surface area (Å²) in [6.45, 7) is 4.62. The number of carbonyl (C=O) groups excluding carboxylic acids is 2. The van der Waals surface area contributed by atoms with Crippen LogP contribution in [0.25, 0.3) is 0 Å². The third-order valence-electron chi connectivity index (χ3n) is 3.38. The Morgan fingerprint density at radius 1 is 1.17 bits per heavy atom. The first-order chi connectivity index (χ1) is 8.43. The van der Waals surface area contributed by atoms with Gasteiger partial charge in [-0.3, -0.25) is 9.59 Å². The zero-order valence-electron chi connectivity index (χ0n) is 11.4. The van der Waals surface area contributed by atoms with Gasteiger partial charge in [-0.15, -0.1) is 0 Å². The molecule has 0 bridgehead atoms. The maximum Gasteiger partial charge on any atom is 0.222 e. The van der Waals surface area contributed by atoms with Gasteiger partial charge in [0.15, 0.2) is 0 Å². The van der Waals surface area contributed by atoms with Gasteiger partial charge in [-0.25, -0.2) is 0 Å². The Morgan fingerprint density at radius 3 is 2.28 bits per heavy atom. The van der Waals surface area contributed by atoms with E-state index >= 15 is 0 Å². The van der Waals surface area contributed by atoms with Crippen molar-refractivity contribution in [2.45, 2.75) is 51.5 Å². The Hall–Kier alpha value is -1.10. The van der Waals surface area contributed by atoms with Gasteiger partial charge in [0.05, 0.1) is 0 Å². The predicted molar refractivity (Wildman–Crippen MR) is 70.9 cm³/mol. The van der Waals surface area contributed by atoms with Gasteiger partial charge in [-0.1, -0.05) is 26.7 Å². The molecule has 104 valence electrons. The van der Waals surface area contributed by atoms with Crippen molar-refractivity contribution in [3.63, 3.8) is 0 Å². The summed E-state index contributed by atoms with van der Waals surface area (Å²) in [6, 6.07) is 0. The second kappa shape index (κ2) is 6.73. The molecule has 1 aliphatic carbocycles. The average molecular weight is 255 g/mol. The largest absolute Gasteiger partial charge is 0.354 e. The van der Waals surface area contributed by atoms with Crippen molar-refractivity contribution in [3.8, 4) is 0 Å². The molecular weight excluding hydrogens is 230 g/mol. The molecule has 0 aliphatic heterocycles. The van der Waals surface area contributed by atoms with Gasteiger partial charge >= 0.3 is 0 Å². The van der Waals surface area contributed by atoms with Gasteiger partial charge in [-0.2, -0.15) is 0 Å². The Balaban J connectivity index is 2.12. The minimum atomic E-state index is -0.300. The minimum absolute atomic E-state index is 0.00957. The molecule has 0 radical (unpaired) electrons. The highest BCUT2D eigenvalue weighted by Crippen LogP contribution is 2.29. The van der Waals surface area contributed by atoms with Crippen LogP contribution in [-0.4, -0.2) is 30.4 Å². The lowest BCUT2D eigenvalue weighted by Gasteiger charge is -2.22. The molecule has 5 nitrogen and oxygen atoms in total. The third kappa shape index (κ3) is 5.04. The van der Waals surface area contributed by atoms with Gasteiger partial charge < -0.3 is 16.4 Å². The third-order valence-corrected chi connectivity index (χ3v) is 3.38. The molecule has 0 spiro atoms. The maximum absolute atomic E-state index is 11.7. The number of carbonyl (C=O) groups is 2. The fourth-order valence-electron chi connectivity index (χ4n) is 2.23. The molecule has 1 aliphatic rings. The van der Waals surface area contributed by atoms with E-state index in [1.165, 1.54) is 0 Å². The Kier molecular flexibility index (Phi) is 5.59. The average Bonchev–Trinajstić information content (AvgIpc) is 2.70. The first kappa shape index (κ1) is 15.0. The van der Waals surface area contributed by atoms with E-state index in [2.05, 4.69) is 10.6 Å². The molecule has 0 aromatic heterocycles. The summed E-state index contributed by atoms with van der Waals surface area (Å²) in [6.07, 6.45) is 4.50. The molecule has 0 heterocycles. The first-order valence-electron chi connectivity index (χ1n) is 6.76. The highest BCUT2D eigenvalue weighted by Gasteiger charge is 2.31. The number of nitrogens with two attached hydrogens (primary N) is 1. The van der Waals surface area contributed by atoms with Crippen LogP contribution in [0.15, 0.2) is 0 Å². The molecular formula is C13H25N3O2. The normalized spacial score (nSPS) is 17.8. The predicted octanol–water partition coefficient (Wildman–Crippen LogP) is 0.536. The van der Waals surface area contributed by atoms with E-state index in [4.69, 9.17) is 5.73 Å². The van der Waals surface area contributed by atoms with Gasteiger partial charge in [0.1, 0.15) is 0 Å². The topological polar surface area (TPSA) is 84.2 Å². The summed E-state index contributed by atoms with van der Waals surface area (Å²) in [5.74, 6) is -0.0277. The first-order valence-corrected chi connectivity index (χ1v) is 6.76. The molecule has 4 N–H and O–H groups in total. The van der Waals surface area contributed by atoms with Crippen LogP contribution in [0.3, 0.4) is 0 Å². The van der Waals surface area contributed by atoms with E-state index in [0.717, 1.165) is 25.7 Å². The van der Waals surface area contributed by atoms with E-state index in [9.17, 15) is 9.59 Å². The molecule has 5 heteroatoms. The maximum atomic E-state index is 11.7. The second-order valence-corrected chi connectivity index (χ2v) is 5.54. The van der Waals surface area contributed by atoms with Crippen LogP contribution in [0.4, 0.5) is 0 Å². The van der Waals surface area contributed by atoms with Crippen LogP contribution in [0.2, 0.25) is 0 Å². The van der Waals surface area contributed by atoms with Crippen LogP contribution in [0.5, 0.6) is 0 Å². The number of hydrogen-bond acceptors (Lipinski definition) is 3. The molecule has 0 atom stereocenters. The van der Waals surface area contributed by atoms with Crippen LogP contribution in [0.1, 0.15) is 46.0 Å². The molecule has 1 saturated carbocycles. The van der Waals surface area contributed by atoms with Crippen LogP contribution in [-0.2, 0) is 9.59 Å². The Morgan fingerprint density at radius 2 is 1.72 bits per heavy atom. The molecule has 0 aromatic carbocycles. The SMILES string of the molecule is CC(C)C(=O)NCCNC(=O)CC1(N)CCCC1. The van der Waals surface area contributed by atoms with E-state index in [0.29, 0.717) is 19.5 Å². The van der Waals surface area contributed by atoms with Gasteiger partial charge in [0.25, 0.3) is 0 Å². The van der Waals surface area contributed by atoms with Crippen molar-refractivity contribution >= 4 is 11.8 Å². The zero-order chi connectivity index (χ0) is 13.6. The Labute approximate surface area is 109 Å². The summed E-state index contributed by atoms with van der Waals surface area (Å²) < 4.78 is 0. The minimum Gasteiger partial charge on any atom is -0.354 e. The van der Waals surface area contributed by atoms with E-state index < -0.39 is 0 Å². The lowest BCUT2D eigenvalue weighted by atomic mass is 9.94. The lowest BCUT2D eigenvalue weighted by Crippen LogP contribution is -2.43. The molecule has 1 rings (SSSR count). The molecule has 2 amide bonds. The smallest absolute Gasteiger partial charge is 0.222 e.